The molecule has 0 aromatic heterocycles. The first-order valence-corrected chi connectivity index (χ1v) is 6.13. The van der Waals surface area contributed by atoms with Gasteiger partial charge in [0, 0.05) is 6.07 Å². The van der Waals surface area contributed by atoms with E-state index in [1.807, 2.05) is 0 Å². The Bertz CT molecular complexity index is 728. The third kappa shape index (κ3) is 4.86. The molecule has 0 saturated heterocycles. The lowest BCUT2D eigenvalue weighted by Gasteiger charge is -2.30. The van der Waals surface area contributed by atoms with Crippen LogP contribution in [0.25, 0.3) is 0 Å². The van der Waals surface area contributed by atoms with Gasteiger partial charge in [-0.1, -0.05) is 0 Å². The Morgan fingerprint density at radius 3 is 2.00 bits per heavy atom. The number of carbonyl (C=O) groups excluding carboxylic acids is 1. The van der Waals surface area contributed by atoms with Crippen molar-refractivity contribution in [2.45, 2.75) is 30.7 Å². The second-order valence-electron chi connectivity index (χ2n) is 4.50. The summed E-state index contributed by atoms with van der Waals surface area (Å²) in [4.78, 5) is 12.7. The van der Waals surface area contributed by atoms with E-state index >= 15 is 0 Å². The summed E-state index contributed by atoms with van der Waals surface area (Å²) in [6.07, 6.45) is -23.2. The van der Waals surface area contributed by atoms with E-state index in [9.17, 15) is 53.1 Å². The molecule has 0 bridgehead atoms. The van der Waals surface area contributed by atoms with Gasteiger partial charge in [0.05, 0.1) is 0 Å². The van der Waals surface area contributed by atoms with Crippen molar-refractivity contribution in [3.63, 3.8) is 0 Å². The first-order chi connectivity index (χ1) is 12.0. The van der Waals surface area contributed by atoms with Crippen LogP contribution in [-0.4, -0.2) is 36.8 Å². The summed E-state index contributed by atoms with van der Waals surface area (Å²) in [5.74, 6) is -9.81. The maximum Gasteiger partial charge on any atom is 0.462 e. The van der Waals surface area contributed by atoms with Crippen molar-refractivity contribution in [1.29, 1.82) is 0 Å². The number of hydrogen-bond acceptors (Lipinski definition) is 4. The molecule has 1 unspecified atom stereocenters. The van der Waals surface area contributed by atoms with Crippen LogP contribution in [0.1, 0.15) is 0 Å². The summed E-state index contributed by atoms with van der Waals surface area (Å²) >= 11 is 0. The van der Waals surface area contributed by atoms with Crippen molar-refractivity contribution in [3.05, 3.63) is 24.0 Å². The average molecular weight is 419 g/mol. The molecular weight excluding hydrogens is 415 g/mol. The lowest BCUT2D eigenvalue weighted by Crippen LogP contribution is -2.56. The van der Waals surface area contributed by atoms with Crippen molar-refractivity contribution in [2.24, 2.45) is 4.99 Å². The number of hydrogen-bond donors (Lipinski definition) is 0. The summed E-state index contributed by atoms with van der Waals surface area (Å²) in [6, 6.07) is 0.994. The average Bonchev–Trinajstić information content (AvgIpc) is 2.48. The van der Waals surface area contributed by atoms with E-state index in [-0.39, 0.29) is 6.07 Å². The highest BCUT2D eigenvalue weighted by molar-refractivity contribution is 5.51. The lowest BCUT2D eigenvalue weighted by molar-refractivity contribution is -0.460. The van der Waals surface area contributed by atoms with Gasteiger partial charge in [0.25, 0.3) is 0 Å². The Morgan fingerprint density at radius 2 is 1.56 bits per heavy atom. The Morgan fingerprint density at radius 1 is 1.00 bits per heavy atom. The third-order valence-corrected chi connectivity index (χ3v) is 2.58. The number of isocyanates is 1. The second kappa shape index (κ2) is 7.31. The van der Waals surface area contributed by atoms with Crippen molar-refractivity contribution < 1.29 is 62.6 Å². The van der Waals surface area contributed by atoms with Crippen LogP contribution in [0.2, 0.25) is 0 Å². The number of alkyl halides is 10. The molecule has 27 heavy (non-hydrogen) atoms. The minimum atomic E-state index is -7.01. The van der Waals surface area contributed by atoms with Crippen LogP contribution in [0.5, 0.6) is 5.75 Å². The van der Waals surface area contributed by atoms with E-state index in [2.05, 4.69) is 14.5 Å². The zero-order valence-electron chi connectivity index (χ0n) is 12.1. The second-order valence-corrected chi connectivity index (χ2v) is 4.50. The summed E-state index contributed by atoms with van der Waals surface area (Å²) in [5, 5.41) is 0. The Labute approximate surface area is 141 Å². The predicted octanol–water partition coefficient (Wildman–Crippen LogP) is 4.87. The van der Waals surface area contributed by atoms with Crippen LogP contribution < -0.4 is 4.74 Å². The van der Waals surface area contributed by atoms with E-state index in [4.69, 9.17) is 0 Å². The fourth-order valence-corrected chi connectivity index (χ4v) is 1.33. The summed E-state index contributed by atoms with van der Waals surface area (Å²) in [6.45, 7) is 0. The molecule has 0 aliphatic heterocycles. The maximum atomic E-state index is 13.3. The summed E-state index contributed by atoms with van der Waals surface area (Å²) in [5.41, 5.74) is -0.745. The fourth-order valence-electron chi connectivity index (χ4n) is 1.33. The number of ether oxygens (including phenoxy) is 2. The normalized spacial score (nSPS) is 14.5. The van der Waals surface area contributed by atoms with Gasteiger partial charge >= 0.3 is 30.7 Å². The highest BCUT2D eigenvalue weighted by Crippen LogP contribution is 2.48. The number of nitrogens with zero attached hydrogens (tertiary/aromatic N) is 1. The predicted molar refractivity (Wildman–Crippen MR) is 61.7 cm³/mol. The third-order valence-electron chi connectivity index (χ3n) is 2.58. The minimum absolute atomic E-state index is 0.0548. The van der Waals surface area contributed by atoms with Gasteiger partial charge in [0.2, 0.25) is 6.08 Å². The van der Waals surface area contributed by atoms with Crippen LogP contribution in [0.4, 0.5) is 54.0 Å². The Balaban J connectivity index is 3.00. The van der Waals surface area contributed by atoms with E-state index in [0.29, 0.717) is 12.1 Å². The number of halogens is 11. The molecule has 1 rings (SSSR count). The van der Waals surface area contributed by atoms with Crippen molar-refractivity contribution in [3.8, 4) is 5.75 Å². The number of benzene rings is 1. The first kappa shape index (κ1) is 22.6. The molecule has 0 saturated carbocycles. The highest BCUT2D eigenvalue weighted by Gasteiger charge is 2.76. The standard InChI is InChI=1S/C12H4F11NO3/c13-6-3-5(1-2-7(6)24-4-25)26-9(15,16)8(14)27-12(22,23)10(17,18)11(19,20)21/h1-3,8H. The smallest absolute Gasteiger partial charge is 0.428 e. The molecule has 1 aromatic rings. The molecule has 4 nitrogen and oxygen atoms in total. The molecule has 0 fully saturated rings. The molecule has 15 heteroatoms. The topological polar surface area (TPSA) is 47.9 Å². The van der Waals surface area contributed by atoms with E-state index < -0.39 is 47.9 Å². The van der Waals surface area contributed by atoms with Gasteiger partial charge in [-0.25, -0.2) is 13.6 Å². The van der Waals surface area contributed by atoms with E-state index in [1.165, 1.54) is 0 Å². The monoisotopic (exact) mass is 419 g/mol. The van der Waals surface area contributed by atoms with Gasteiger partial charge < -0.3 is 4.74 Å². The highest BCUT2D eigenvalue weighted by atomic mass is 19.4. The molecule has 0 amide bonds. The largest absolute Gasteiger partial charge is 0.462 e. The molecule has 0 aliphatic rings. The quantitative estimate of drug-likeness (QED) is 0.360. The number of aliphatic imine (C=N–C) groups is 1. The van der Waals surface area contributed by atoms with Crippen molar-refractivity contribution in [2.75, 3.05) is 0 Å². The molecule has 0 aliphatic carbocycles. The zero-order valence-corrected chi connectivity index (χ0v) is 12.1. The summed E-state index contributed by atoms with van der Waals surface area (Å²) in [7, 11) is 0. The zero-order chi connectivity index (χ0) is 21.3. The van der Waals surface area contributed by atoms with Crippen LogP contribution in [0.3, 0.4) is 0 Å². The Hall–Kier alpha value is -2.41. The minimum Gasteiger partial charge on any atom is -0.428 e. The molecule has 0 N–H and O–H groups in total. The number of rotatable bonds is 7. The summed E-state index contributed by atoms with van der Waals surface area (Å²) < 4.78 is 145. The SMILES string of the molecule is O=C=Nc1ccc(OC(F)(F)C(F)OC(F)(F)C(F)(F)C(F)(F)F)cc1F. The van der Waals surface area contributed by atoms with Gasteiger partial charge in [-0.3, -0.25) is 4.74 Å². The molecule has 0 spiro atoms. The van der Waals surface area contributed by atoms with Crippen molar-refractivity contribution >= 4 is 11.8 Å². The van der Waals surface area contributed by atoms with Gasteiger partial charge in [-0.05, 0) is 12.1 Å². The first-order valence-electron chi connectivity index (χ1n) is 6.13. The van der Waals surface area contributed by atoms with E-state index in [1.54, 1.807) is 0 Å². The maximum absolute atomic E-state index is 13.3. The molecule has 152 valence electrons. The van der Waals surface area contributed by atoms with Gasteiger partial charge in [0.15, 0.2) is 5.82 Å². The molecule has 1 aromatic carbocycles. The van der Waals surface area contributed by atoms with Gasteiger partial charge in [-0.15, -0.1) is 0 Å². The van der Waals surface area contributed by atoms with Crippen LogP contribution in [0, 0.1) is 5.82 Å². The Kier molecular flexibility index (Phi) is 6.12. The molecule has 0 radical (unpaired) electrons. The van der Waals surface area contributed by atoms with Crippen LogP contribution >= 0.6 is 0 Å². The van der Waals surface area contributed by atoms with Gasteiger partial charge in [0.1, 0.15) is 11.4 Å². The van der Waals surface area contributed by atoms with Crippen LogP contribution in [-0.2, 0) is 9.53 Å². The molecule has 1 atom stereocenters. The fraction of sp³-hybridized carbons (Fsp3) is 0.417. The van der Waals surface area contributed by atoms with Crippen molar-refractivity contribution in [1.82, 2.24) is 0 Å². The van der Waals surface area contributed by atoms with E-state index in [0.717, 1.165) is 6.08 Å². The van der Waals surface area contributed by atoms with Gasteiger partial charge in [-0.2, -0.15) is 44.5 Å². The molecular formula is C12H4F11NO3. The lowest BCUT2D eigenvalue weighted by atomic mass is 10.3. The molecule has 0 heterocycles. The van der Waals surface area contributed by atoms with Crippen LogP contribution in [0.15, 0.2) is 23.2 Å².